The molecule has 0 aliphatic rings. The molecule has 5 heteroatoms. The van der Waals surface area contributed by atoms with Crippen LogP contribution in [0.1, 0.15) is 20.3 Å². The Kier molecular flexibility index (Phi) is 3.94. The monoisotopic (exact) mass is 259 g/mol. The standard InChI is InChI=1S/C14H17N3O2/c1-10(2)17(8-7-13(18)19)14-11-5-3-4-6-12(11)15-9-16-14/h3-6,9-10H,7-8H2,1-2H3,(H,18,19). The molecule has 0 radical (unpaired) electrons. The summed E-state index contributed by atoms with van der Waals surface area (Å²) in [5.74, 6) is -0.00846. The number of carboxylic acid groups (broad SMARTS) is 1. The average Bonchev–Trinajstić information content (AvgIpc) is 2.38. The highest BCUT2D eigenvalue weighted by atomic mass is 16.4. The number of nitrogens with zero attached hydrogens (tertiary/aromatic N) is 3. The van der Waals surface area contributed by atoms with Crippen LogP contribution in [0.15, 0.2) is 30.6 Å². The van der Waals surface area contributed by atoms with Crippen molar-refractivity contribution >= 4 is 22.7 Å². The zero-order valence-electron chi connectivity index (χ0n) is 11.1. The number of hydrogen-bond acceptors (Lipinski definition) is 4. The summed E-state index contributed by atoms with van der Waals surface area (Å²) in [6.07, 6.45) is 1.62. The lowest BCUT2D eigenvalue weighted by atomic mass is 10.2. The van der Waals surface area contributed by atoms with Gasteiger partial charge in [-0.25, -0.2) is 9.97 Å². The van der Waals surface area contributed by atoms with Crippen LogP contribution >= 0.6 is 0 Å². The van der Waals surface area contributed by atoms with Gasteiger partial charge in [0.15, 0.2) is 0 Å². The van der Waals surface area contributed by atoms with Crippen LogP contribution < -0.4 is 4.90 Å². The van der Waals surface area contributed by atoms with Crippen molar-refractivity contribution in [1.82, 2.24) is 9.97 Å². The molecule has 0 atom stereocenters. The molecule has 5 nitrogen and oxygen atoms in total. The maximum Gasteiger partial charge on any atom is 0.305 e. The van der Waals surface area contributed by atoms with E-state index in [1.165, 1.54) is 6.33 Å². The molecule has 0 spiro atoms. The van der Waals surface area contributed by atoms with E-state index >= 15 is 0 Å². The SMILES string of the molecule is CC(C)N(CCC(=O)O)c1ncnc2ccccc12. The Hall–Kier alpha value is -2.17. The van der Waals surface area contributed by atoms with Gasteiger partial charge in [0.25, 0.3) is 0 Å². The van der Waals surface area contributed by atoms with Crippen LogP contribution in [0.3, 0.4) is 0 Å². The van der Waals surface area contributed by atoms with Crippen LogP contribution in [0.2, 0.25) is 0 Å². The van der Waals surface area contributed by atoms with Crippen molar-refractivity contribution in [3.05, 3.63) is 30.6 Å². The summed E-state index contributed by atoms with van der Waals surface area (Å²) in [5, 5.41) is 9.79. The molecule has 0 aliphatic heterocycles. The van der Waals surface area contributed by atoms with Crippen LogP contribution in [0, 0.1) is 0 Å². The van der Waals surface area contributed by atoms with Crippen molar-refractivity contribution in [2.45, 2.75) is 26.3 Å². The summed E-state index contributed by atoms with van der Waals surface area (Å²) in [6.45, 7) is 4.49. The van der Waals surface area contributed by atoms with Crippen molar-refractivity contribution in [3.63, 3.8) is 0 Å². The molecule has 1 aromatic heterocycles. The number of aromatic nitrogens is 2. The lowest BCUT2D eigenvalue weighted by Crippen LogP contribution is -2.33. The van der Waals surface area contributed by atoms with Gasteiger partial charge in [-0.1, -0.05) is 12.1 Å². The van der Waals surface area contributed by atoms with Gasteiger partial charge in [0.1, 0.15) is 12.1 Å². The number of benzene rings is 1. The van der Waals surface area contributed by atoms with E-state index in [1.807, 2.05) is 43.0 Å². The minimum absolute atomic E-state index is 0.0938. The smallest absolute Gasteiger partial charge is 0.305 e. The minimum Gasteiger partial charge on any atom is -0.481 e. The van der Waals surface area contributed by atoms with Crippen molar-refractivity contribution in [2.75, 3.05) is 11.4 Å². The van der Waals surface area contributed by atoms with Crippen LogP contribution in [0.4, 0.5) is 5.82 Å². The molecule has 2 rings (SSSR count). The summed E-state index contributed by atoms with van der Waals surface area (Å²) in [6, 6.07) is 7.93. The van der Waals surface area contributed by atoms with E-state index in [0.29, 0.717) is 6.54 Å². The van der Waals surface area contributed by atoms with Crippen molar-refractivity contribution in [3.8, 4) is 0 Å². The normalized spacial score (nSPS) is 10.9. The molecule has 0 bridgehead atoms. The topological polar surface area (TPSA) is 66.3 Å². The van der Waals surface area contributed by atoms with Gasteiger partial charge in [0.05, 0.1) is 11.9 Å². The van der Waals surface area contributed by atoms with E-state index < -0.39 is 5.97 Å². The lowest BCUT2D eigenvalue weighted by Gasteiger charge is -2.28. The third-order valence-electron chi connectivity index (χ3n) is 2.98. The molecule has 0 fully saturated rings. The summed E-state index contributed by atoms with van der Waals surface area (Å²) in [4.78, 5) is 21.3. The molecule has 100 valence electrons. The van der Waals surface area contributed by atoms with E-state index in [4.69, 9.17) is 5.11 Å². The van der Waals surface area contributed by atoms with Gasteiger partial charge in [-0.05, 0) is 26.0 Å². The van der Waals surface area contributed by atoms with Gasteiger partial charge in [-0.15, -0.1) is 0 Å². The Bertz CT molecular complexity index is 578. The molecule has 0 saturated heterocycles. The van der Waals surface area contributed by atoms with Gasteiger partial charge in [-0.3, -0.25) is 4.79 Å². The molecule has 0 unspecified atom stereocenters. The second-order valence-corrected chi connectivity index (χ2v) is 4.65. The predicted octanol–water partition coefficient (Wildman–Crippen LogP) is 2.32. The van der Waals surface area contributed by atoms with E-state index in [0.717, 1.165) is 16.7 Å². The predicted molar refractivity (Wildman–Crippen MR) is 74.3 cm³/mol. The second-order valence-electron chi connectivity index (χ2n) is 4.65. The minimum atomic E-state index is -0.802. The zero-order valence-corrected chi connectivity index (χ0v) is 11.1. The summed E-state index contributed by atoms with van der Waals surface area (Å²) in [7, 11) is 0. The molecule has 1 aromatic carbocycles. The maximum absolute atomic E-state index is 10.8. The Morgan fingerprint density at radius 3 is 2.74 bits per heavy atom. The Morgan fingerprint density at radius 2 is 2.05 bits per heavy atom. The Labute approximate surface area is 111 Å². The number of carbonyl (C=O) groups is 1. The third-order valence-corrected chi connectivity index (χ3v) is 2.98. The third kappa shape index (κ3) is 2.99. The van der Waals surface area contributed by atoms with Gasteiger partial charge >= 0.3 is 5.97 Å². The maximum atomic E-state index is 10.8. The van der Waals surface area contributed by atoms with E-state index in [9.17, 15) is 4.79 Å². The quantitative estimate of drug-likeness (QED) is 0.892. The van der Waals surface area contributed by atoms with Gasteiger partial charge in [-0.2, -0.15) is 0 Å². The van der Waals surface area contributed by atoms with Crippen LogP contribution in [-0.2, 0) is 4.79 Å². The van der Waals surface area contributed by atoms with Crippen LogP contribution in [0.5, 0.6) is 0 Å². The molecule has 19 heavy (non-hydrogen) atoms. The first kappa shape index (κ1) is 13.3. The molecular weight excluding hydrogens is 242 g/mol. The molecule has 0 amide bonds. The van der Waals surface area contributed by atoms with E-state index in [2.05, 4.69) is 9.97 Å². The Balaban J connectivity index is 2.41. The molecular formula is C14H17N3O2. The molecule has 1 heterocycles. The first-order valence-corrected chi connectivity index (χ1v) is 6.27. The number of para-hydroxylation sites is 1. The average molecular weight is 259 g/mol. The summed E-state index contributed by atoms with van der Waals surface area (Å²) < 4.78 is 0. The second kappa shape index (κ2) is 5.65. The first-order chi connectivity index (χ1) is 9.09. The van der Waals surface area contributed by atoms with E-state index in [1.54, 1.807) is 0 Å². The van der Waals surface area contributed by atoms with Crippen LogP contribution in [-0.4, -0.2) is 33.6 Å². The molecule has 0 saturated carbocycles. The fourth-order valence-electron chi connectivity index (χ4n) is 2.04. The van der Waals surface area contributed by atoms with Gasteiger partial charge in [0.2, 0.25) is 0 Å². The molecule has 1 N–H and O–H groups in total. The molecule has 2 aromatic rings. The van der Waals surface area contributed by atoms with Crippen molar-refractivity contribution in [1.29, 1.82) is 0 Å². The number of aliphatic carboxylic acids is 1. The van der Waals surface area contributed by atoms with Gasteiger partial charge < -0.3 is 10.0 Å². The van der Waals surface area contributed by atoms with Crippen LogP contribution in [0.25, 0.3) is 10.9 Å². The Morgan fingerprint density at radius 1 is 1.32 bits per heavy atom. The zero-order chi connectivity index (χ0) is 13.8. The highest BCUT2D eigenvalue weighted by Crippen LogP contribution is 2.24. The highest BCUT2D eigenvalue weighted by Gasteiger charge is 2.16. The largest absolute Gasteiger partial charge is 0.481 e. The van der Waals surface area contributed by atoms with Gasteiger partial charge in [0, 0.05) is 18.0 Å². The number of hydrogen-bond donors (Lipinski definition) is 1. The van der Waals surface area contributed by atoms with Crippen molar-refractivity contribution < 1.29 is 9.90 Å². The molecule has 0 aliphatic carbocycles. The summed E-state index contributed by atoms with van der Waals surface area (Å²) in [5.41, 5.74) is 0.869. The summed E-state index contributed by atoms with van der Waals surface area (Å²) >= 11 is 0. The van der Waals surface area contributed by atoms with E-state index in [-0.39, 0.29) is 12.5 Å². The van der Waals surface area contributed by atoms with Crippen molar-refractivity contribution in [2.24, 2.45) is 0 Å². The highest BCUT2D eigenvalue weighted by molar-refractivity contribution is 5.89. The fraction of sp³-hybridized carbons (Fsp3) is 0.357. The number of fused-ring (bicyclic) bond motifs is 1. The number of carboxylic acids is 1. The fourth-order valence-corrected chi connectivity index (χ4v) is 2.04. The number of anilines is 1. The number of rotatable bonds is 5. The lowest BCUT2D eigenvalue weighted by molar-refractivity contribution is -0.136. The first-order valence-electron chi connectivity index (χ1n) is 6.27.